The molecule has 1 aromatic rings. The van der Waals surface area contributed by atoms with Crippen molar-refractivity contribution in [2.75, 3.05) is 32.1 Å². The Balaban J connectivity index is 2.25. The predicted octanol–water partition coefficient (Wildman–Crippen LogP) is 2.63. The minimum absolute atomic E-state index is 0.150. The van der Waals surface area contributed by atoms with Crippen LogP contribution in [0.3, 0.4) is 0 Å². The predicted molar refractivity (Wildman–Crippen MR) is 82.6 cm³/mol. The summed E-state index contributed by atoms with van der Waals surface area (Å²) in [6, 6.07) is 9.43. The van der Waals surface area contributed by atoms with Crippen LogP contribution in [0.2, 0.25) is 0 Å². The molecule has 0 aliphatic carbocycles. The number of benzene rings is 1. The lowest BCUT2D eigenvalue weighted by Gasteiger charge is -2.31. The summed E-state index contributed by atoms with van der Waals surface area (Å²) in [4.78, 5) is 4.84. The van der Waals surface area contributed by atoms with Gasteiger partial charge in [0.1, 0.15) is 0 Å². The molecule has 19 heavy (non-hydrogen) atoms. The van der Waals surface area contributed by atoms with Crippen LogP contribution >= 0.6 is 0 Å². The molecule has 2 atom stereocenters. The largest absolute Gasteiger partial charge is 0.367 e. The molecule has 1 unspecified atom stereocenters. The van der Waals surface area contributed by atoms with E-state index in [1.54, 1.807) is 0 Å². The fourth-order valence-corrected chi connectivity index (χ4v) is 3.05. The zero-order valence-corrected chi connectivity index (χ0v) is 12.5. The molecule has 1 aliphatic heterocycles. The van der Waals surface area contributed by atoms with E-state index in [9.17, 15) is 0 Å². The van der Waals surface area contributed by atoms with Crippen molar-refractivity contribution in [1.29, 1.82) is 0 Å². The van der Waals surface area contributed by atoms with Gasteiger partial charge in [-0.3, -0.25) is 0 Å². The number of para-hydroxylation sites is 1. The standard InChI is InChI=1S/C16H27N3/c1-4-15(17)14-9-5-6-10-16(14)19-11-7-8-13(19)12-18(2)3/h5-6,9-10,13,15H,4,7-8,11-12,17H2,1-3H3/t13?,15-/m1/s1. The highest BCUT2D eigenvalue weighted by Gasteiger charge is 2.27. The van der Waals surface area contributed by atoms with Crippen LogP contribution in [0.15, 0.2) is 24.3 Å². The van der Waals surface area contributed by atoms with Crippen molar-refractivity contribution < 1.29 is 0 Å². The summed E-state index contributed by atoms with van der Waals surface area (Å²) in [5.74, 6) is 0. The maximum Gasteiger partial charge on any atom is 0.0417 e. The van der Waals surface area contributed by atoms with Gasteiger partial charge in [0.25, 0.3) is 0 Å². The Kier molecular flexibility index (Phi) is 4.83. The van der Waals surface area contributed by atoms with E-state index >= 15 is 0 Å². The third-order valence-corrected chi connectivity index (χ3v) is 4.04. The van der Waals surface area contributed by atoms with Crippen molar-refractivity contribution in [2.24, 2.45) is 5.73 Å². The molecule has 1 saturated heterocycles. The molecule has 2 rings (SSSR count). The van der Waals surface area contributed by atoms with E-state index in [2.05, 4.69) is 55.1 Å². The lowest BCUT2D eigenvalue weighted by molar-refractivity contribution is 0.372. The van der Waals surface area contributed by atoms with E-state index < -0.39 is 0 Å². The topological polar surface area (TPSA) is 32.5 Å². The lowest BCUT2D eigenvalue weighted by Crippen LogP contribution is -2.38. The number of anilines is 1. The van der Waals surface area contributed by atoms with Gasteiger partial charge in [-0.05, 0) is 45.0 Å². The van der Waals surface area contributed by atoms with Crippen molar-refractivity contribution in [3.63, 3.8) is 0 Å². The zero-order chi connectivity index (χ0) is 13.8. The summed E-state index contributed by atoms with van der Waals surface area (Å²) in [7, 11) is 4.31. The number of rotatable bonds is 5. The molecule has 0 saturated carbocycles. The molecule has 3 nitrogen and oxygen atoms in total. The number of nitrogens with two attached hydrogens (primary N) is 1. The third kappa shape index (κ3) is 3.28. The molecule has 0 spiro atoms. The van der Waals surface area contributed by atoms with Crippen LogP contribution in [0.4, 0.5) is 5.69 Å². The normalized spacial score (nSPS) is 21.1. The molecular formula is C16H27N3. The first kappa shape index (κ1) is 14.4. The Hall–Kier alpha value is -1.06. The fourth-order valence-electron chi connectivity index (χ4n) is 3.05. The molecule has 0 radical (unpaired) electrons. The van der Waals surface area contributed by atoms with Crippen LogP contribution in [0.5, 0.6) is 0 Å². The molecule has 0 amide bonds. The average Bonchev–Trinajstić information content (AvgIpc) is 2.85. The number of hydrogen-bond acceptors (Lipinski definition) is 3. The van der Waals surface area contributed by atoms with Gasteiger partial charge in [0.15, 0.2) is 0 Å². The van der Waals surface area contributed by atoms with E-state index in [1.165, 1.54) is 24.1 Å². The highest BCUT2D eigenvalue weighted by Crippen LogP contribution is 2.32. The van der Waals surface area contributed by atoms with Gasteiger partial charge in [-0.25, -0.2) is 0 Å². The van der Waals surface area contributed by atoms with Gasteiger partial charge in [-0.2, -0.15) is 0 Å². The van der Waals surface area contributed by atoms with Gasteiger partial charge >= 0.3 is 0 Å². The average molecular weight is 261 g/mol. The Morgan fingerprint density at radius 2 is 2.11 bits per heavy atom. The summed E-state index contributed by atoms with van der Waals surface area (Å²) in [5.41, 5.74) is 8.92. The number of likely N-dealkylation sites (N-methyl/N-ethyl adjacent to an activating group) is 1. The van der Waals surface area contributed by atoms with Crippen molar-refractivity contribution >= 4 is 5.69 Å². The molecule has 3 heteroatoms. The Morgan fingerprint density at radius 3 is 2.79 bits per heavy atom. The number of nitrogens with zero attached hydrogens (tertiary/aromatic N) is 2. The van der Waals surface area contributed by atoms with E-state index in [0.29, 0.717) is 6.04 Å². The van der Waals surface area contributed by atoms with E-state index in [4.69, 9.17) is 5.73 Å². The second-order valence-corrected chi connectivity index (χ2v) is 5.83. The molecule has 2 N–H and O–H groups in total. The smallest absolute Gasteiger partial charge is 0.0417 e. The number of hydrogen-bond donors (Lipinski definition) is 1. The maximum absolute atomic E-state index is 6.27. The molecule has 106 valence electrons. The van der Waals surface area contributed by atoms with Crippen LogP contribution in [0.1, 0.15) is 37.8 Å². The van der Waals surface area contributed by atoms with Gasteiger partial charge in [0.2, 0.25) is 0 Å². The van der Waals surface area contributed by atoms with E-state index in [0.717, 1.165) is 19.5 Å². The summed E-state index contributed by atoms with van der Waals surface area (Å²) in [6.07, 6.45) is 3.56. The Labute approximate surface area is 117 Å². The Morgan fingerprint density at radius 1 is 1.37 bits per heavy atom. The van der Waals surface area contributed by atoms with Crippen molar-refractivity contribution in [1.82, 2.24) is 4.90 Å². The molecule has 0 aromatic heterocycles. The third-order valence-electron chi connectivity index (χ3n) is 4.04. The highest BCUT2D eigenvalue weighted by atomic mass is 15.2. The second-order valence-electron chi connectivity index (χ2n) is 5.83. The van der Waals surface area contributed by atoms with Crippen molar-refractivity contribution in [3.05, 3.63) is 29.8 Å². The van der Waals surface area contributed by atoms with Crippen LogP contribution in [-0.2, 0) is 0 Å². The summed E-state index contributed by atoms with van der Waals surface area (Å²) >= 11 is 0. The highest BCUT2D eigenvalue weighted by molar-refractivity contribution is 5.56. The van der Waals surface area contributed by atoms with Crippen LogP contribution in [0, 0.1) is 0 Å². The van der Waals surface area contributed by atoms with Gasteiger partial charge in [0.05, 0.1) is 0 Å². The summed E-state index contributed by atoms with van der Waals surface area (Å²) in [5, 5.41) is 0. The maximum atomic E-state index is 6.27. The summed E-state index contributed by atoms with van der Waals surface area (Å²) < 4.78 is 0. The minimum Gasteiger partial charge on any atom is -0.367 e. The lowest BCUT2D eigenvalue weighted by atomic mass is 10.0. The zero-order valence-electron chi connectivity index (χ0n) is 12.5. The van der Waals surface area contributed by atoms with Crippen molar-refractivity contribution in [2.45, 2.75) is 38.3 Å². The summed E-state index contributed by atoms with van der Waals surface area (Å²) in [6.45, 7) is 4.43. The van der Waals surface area contributed by atoms with Crippen LogP contribution in [-0.4, -0.2) is 38.1 Å². The first-order chi connectivity index (χ1) is 9.13. The second kappa shape index (κ2) is 6.40. The fraction of sp³-hybridized carbons (Fsp3) is 0.625. The van der Waals surface area contributed by atoms with Crippen LogP contribution < -0.4 is 10.6 Å². The van der Waals surface area contributed by atoms with E-state index in [-0.39, 0.29) is 6.04 Å². The molecule has 1 aromatic carbocycles. The monoisotopic (exact) mass is 261 g/mol. The van der Waals surface area contributed by atoms with Gasteiger partial charge in [-0.15, -0.1) is 0 Å². The van der Waals surface area contributed by atoms with Gasteiger partial charge in [-0.1, -0.05) is 25.1 Å². The van der Waals surface area contributed by atoms with E-state index in [1.807, 2.05) is 0 Å². The molecule has 1 heterocycles. The first-order valence-electron chi connectivity index (χ1n) is 7.39. The molecule has 1 aliphatic rings. The molecule has 1 fully saturated rings. The SMILES string of the molecule is CC[C@@H](N)c1ccccc1N1CCCC1CN(C)C. The van der Waals surface area contributed by atoms with Gasteiger partial charge < -0.3 is 15.5 Å². The molecule has 0 bridgehead atoms. The quantitative estimate of drug-likeness (QED) is 0.884. The first-order valence-corrected chi connectivity index (χ1v) is 7.39. The van der Waals surface area contributed by atoms with Crippen molar-refractivity contribution in [3.8, 4) is 0 Å². The van der Waals surface area contributed by atoms with Crippen LogP contribution in [0.25, 0.3) is 0 Å². The minimum atomic E-state index is 0.150. The Bertz CT molecular complexity index is 403. The van der Waals surface area contributed by atoms with Gasteiger partial charge in [0, 0.05) is 30.9 Å². The molecular weight excluding hydrogens is 234 g/mol.